The average molecular weight is 443 g/mol. The van der Waals surface area contributed by atoms with E-state index in [1.165, 1.54) is 6.20 Å². The van der Waals surface area contributed by atoms with Gasteiger partial charge in [0, 0.05) is 24.2 Å². The molecule has 3 N–H and O–H groups in total. The van der Waals surface area contributed by atoms with Gasteiger partial charge in [-0.05, 0) is 6.07 Å². The van der Waals surface area contributed by atoms with Crippen LogP contribution in [0.5, 0.6) is 0 Å². The first-order chi connectivity index (χ1) is 14.4. The summed E-state index contributed by atoms with van der Waals surface area (Å²) in [4.78, 5) is 33.6. The van der Waals surface area contributed by atoms with E-state index in [1.54, 1.807) is 0 Å². The SMILES string of the molecule is O=c1c(Nc2c[nH]c3cnc(C(F)(F)F)cc23)c(NC2CC=C(C(F)(F)F)C=N2)c1=O. The van der Waals surface area contributed by atoms with Gasteiger partial charge in [0.25, 0.3) is 10.9 Å². The summed E-state index contributed by atoms with van der Waals surface area (Å²) in [7, 11) is 0. The lowest BCUT2D eigenvalue weighted by Gasteiger charge is -2.21. The molecular formula is C18H11F6N5O2. The minimum atomic E-state index is -4.68. The van der Waals surface area contributed by atoms with E-state index in [2.05, 4.69) is 25.6 Å². The van der Waals surface area contributed by atoms with Crippen LogP contribution in [0.15, 0.2) is 44.7 Å². The summed E-state index contributed by atoms with van der Waals surface area (Å²) < 4.78 is 76.7. The third kappa shape index (κ3) is 3.78. The number of nitrogens with one attached hydrogen (secondary N) is 3. The summed E-state index contributed by atoms with van der Waals surface area (Å²) in [5.74, 6) is 0. The van der Waals surface area contributed by atoms with Crippen LogP contribution in [-0.2, 0) is 6.18 Å². The Balaban J connectivity index is 1.58. The predicted octanol–water partition coefficient (Wildman–Crippen LogP) is 3.62. The van der Waals surface area contributed by atoms with Crippen LogP contribution in [0.1, 0.15) is 12.1 Å². The van der Waals surface area contributed by atoms with Crippen molar-refractivity contribution < 1.29 is 26.3 Å². The van der Waals surface area contributed by atoms with Gasteiger partial charge >= 0.3 is 12.4 Å². The third-order valence-corrected chi connectivity index (χ3v) is 4.62. The van der Waals surface area contributed by atoms with Gasteiger partial charge < -0.3 is 15.6 Å². The van der Waals surface area contributed by atoms with Crippen molar-refractivity contribution in [1.29, 1.82) is 0 Å². The van der Waals surface area contributed by atoms with Crippen LogP contribution in [0.25, 0.3) is 10.9 Å². The summed E-state index contributed by atoms with van der Waals surface area (Å²) in [5, 5.41) is 5.27. The van der Waals surface area contributed by atoms with Crippen molar-refractivity contribution in [2.24, 2.45) is 4.99 Å². The molecule has 1 unspecified atom stereocenters. The molecule has 0 fully saturated rings. The molecule has 31 heavy (non-hydrogen) atoms. The molecule has 3 aromatic rings. The molecule has 0 amide bonds. The standard InChI is InChI=1S/C18H11F6N5O2/c19-17(20,21)7-1-2-12(27-4-7)29-14-13(15(30)16(14)31)28-10-6-25-9-5-26-11(3-8(9)10)18(22,23)24/h1,3-6,12,25,28-29H,2H2. The average Bonchev–Trinajstić information content (AvgIpc) is 3.11. The number of hydrogen-bond donors (Lipinski definition) is 3. The number of aromatic nitrogens is 2. The fourth-order valence-corrected chi connectivity index (χ4v) is 3.04. The number of halogens is 6. The van der Waals surface area contributed by atoms with Crippen LogP contribution >= 0.6 is 0 Å². The van der Waals surface area contributed by atoms with Crippen LogP contribution < -0.4 is 21.5 Å². The molecule has 4 rings (SSSR count). The Morgan fingerprint density at radius 1 is 1.03 bits per heavy atom. The first-order valence-electron chi connectivity index (χ1n) is 8.67. The van der Waals surface area contributed by atoms with Crippen LogP contribution in [0, 0.1) is 0 Å². The molecule has 0 saturated carbocycles. The van der Waals surface area contributed by atoms with Crippen LogP contribution in [0.4, 0.5) is 43.4 Å². The van der Waals surface area contributed by atoms with Gasteiger partial charge in [0.05, 0.1) is 23.0 Å². The first-order valence-corrected chi connectivity index (χ1v) is 8.67. The summed E-state index contributed by atoms with van der Waals surface area (Å²) in [6.07, 6.45) is -6.55. The van der Waals surface area contributed by atoms with E-state index in [1.807, 2.05) is 0 Å². The van der Waals surface area contributed by atoms with Crippen molar-refractivity contribution in [2.45, 2.75) is 24.9 Å². The van der Waals surface area contributed by atoms with Crippen molar-refractivity contribution >= 4 is 34.2 Å². The lowest BCUT2D eigenvalue weighted by Crippen LogP contribution is -2.39. The second-order valence-corrected chi connectivity index (χ2v) is 6.68. The molecular weight excluding hydrogens is 432 g/mol. The molecule has 1 atom stereocenters. The number of alkyl halides is 6. The minimum absolute atomic E-state index is 0.0785. The van der Waals surface area contributed by atoms with Crippen molar-refractivity contribution in [3.05, 3.63) is 56.2 Å². The number of allylic oxidation sites excluding steroid dienone is 1. The third-order valence-electron chi connectivity index (χ3n) is 4.62. The second-order valence-electron chi connectivity index (χ2n) is 6.68. The Morgan fingerprint density at radius 3 is 2.35 bits per heavy atom. The van der Waals surface area contributed by atoms with Crippen molar-refractivity contribution in [3.63, 3.8) is 0 Å². The number of pyridine rings is 1. The highest BCUT2D eigenvalue weighted by Crippen LogP contribution is 2.34. The molecule has 0 aliphatic carbocycles. The summed E-state index contributed by atoms with van der Waals surface area (Å²) >= 11 is 0. The van der Waals surface area contributed by atoms with E-state index >= 15 is 0 Å². The van der Waals surface area contributed by atoms with Gasteiger partial charge in [0.2, 0.25) is 0 Å². The molecule has 1 aromatic carbocycles. The molecule has 0 radical (unpaired) electrons. The Kier molecular flexibility index (Phi) is 4.63. The Hall–Kier alpha value is -3.64. The molecule has 2 aromatic heterocycles. The molecule has 162 valence electrons. The normalized spacial score (nSPS) is 17.2. The highest BCUT2D eigenvalue weighted by atomic mass is 19.4. The highest BCUT2D eigenvalue weighted by Gasteiger charge is 2.35. The van der Waals surface area contributed by atoms with Gasteiger partial charge in [-0.15, -0.1) is 0 Å². The Labute approximate surface area is 168 Å². The van der Waals surface area contributed by atoms with Crippen LogP contribution in [0.3, 0.4) is 0 Å². The number of nitrogens with zero attached hydrogens (tertiary/aromatic N) is 2. The van der Waals surface area contributed by atoms with E-state index in [9.17, 15) is 35.9 Å². The number of rotatable bonds is 4. The number of anilines is 3. The fourth-order valence-electron chi connectivity index (χ4n) is 3.04. The number of aliphatic imine (C=N–C) groups is 1. The maximum absolute atomic E-state index is 12.9. The van der Waals surface area contributed by atoms with Gasteiger partial charge in [-0.1, -0.05) is 6.08 Å². The molecule has 3 heterocycles. The predicted molar refractivity (Wildman–Crippen MR) is 100 cm³/mol. The van der Waals surface area contributed by atoms with Gasteiger partial charge in [-0.2, -0.15) is 26.3 Å². The van der Waals surface area contributed by atoms with Gasteiger partial charge in [-0.25, -0.2) is 4.98 Å². The highest BCUT2D eigenvalue weighted by molar-refractivity contribution is 5.95. The number of aromatic amines is 1. The topological polar surface area (TPSA) is 99.2 Å². The smallest absolute Gasteiger partial charge is 0.358 e. The van der Waals surface area contributed by atoms with Gasteiger partial charge in [0.15, 0.2) is 0 Å². The Bertz CT molecular complexity index is 1290. The molecule has 1 aliphatic rings. The van der Waals surface area contributed by atoms with E-state index in [0.717, 1.165) is 18.3 Å². The lowest BCUT2D eigenvalue weighted by atomic mass is 10.1. The second kappa shape index (κ2) is 6.96. The number of hydrogen-bond acceptors (Lipinski definition) is 6. The zero-order valence-corrected chi connectivity index (χ0v) is 15.1. The number of dihydropyridines is 1. The molecule has 13 heteroatoms. The minimum Gasteiger partial charge on any atom is -0.358 e. The van der Waals surface area contributed by atoms with E-state index in [0.29, 0.717) is 6.21 Å². The summed E-state index contributed by atoms with van der Waals surface area (Å²) in [6.45, 7) is 0. The van der Waals surface area contributed by atoms with Crippen LogP contribution in [0.2, 0.25) is 0 Å². The van der Waals surface area contributed by atoms with Crippen molar-refractivity contribution in [2.75, 3.05) is 10.6 Å². The molecule has 0 spiro atoms. The van der Waals surface area contributed by atoms with E-state index in [-0.39, 0.29) is 34.4 Å². The van der Waals surface area contributed by atoms with Crippen LogP contribution in [-0.4, -0.2) is 28.5 Å². The van der Waals surface area contributed by atoms with Gasteiger partial charge in [-0.3, -0.25) is 14.6 Å². The number of H-pyrrole nitrogens is 1. The van der Waals surface area contributed by atoms with Crippen molar-refractivity contribution in [1.82, 2.24) is 9.97 Å². The molecule has 7 nitrogen and oxygen atoms in total. The van der Waals surface area contributed by atoms with E-state index in [4.69, 9.17) is 0 Å². The first kappa shape index (κ1) is 20.6. The zero-order valence-electron chi connectivity index (χ0n) is 15.1. The Morgan fingerprint density at radius 2 is 1.74 bits per heavy atom. The number of fused-ring (bicyclic) bond motifs is 1. The summed E-state index contributed by atoms with van der Waals surface area (Å²) in [6, 6.07) is 0.779. The lowest BCUT2D eigenvalue weighted by molar-refractivity contribution is -0.141. The monoisotopic (exact) mass is 443 g/mol. The van der Waals surface area contributed by atoms with Gasteiger partial charge in [0.1, 0.15) is 23.2 Å². The fraction of sp³-hybridized carbons (Fsp3) is 0.222. The molecule has 0 bridgehead atoms. The quantitative estimate of drug-likeness (QED) is 0.423. The molecule has 0 saturated heterocycles. The molecule has 1 aliphatic heterocycles. The van der Waals surface area contributed by atoms with E-state index < -0.39 is 40.6 Å². The zero-order chi connectivity index (χ0) is 22.6. The largest absolute Gasteiger partial charge is 0.433 e. The maximum atomic E-state index is 12.9. The maximum Gasteiger partial charge on any atom is 0.433 e. The summed E-state index contributed by atoms with van der Waals surface area (Å²) in [5.41, 5.74) is -4.01. The van der Waals surface area contributed by atoms with Crippen molar-refractivity contribution in [3.8, 4) is 0 Å².